The van der Waals surface area contributed by atoms with E-state index in [1.807, 2.05) is 11.4 Å². The minimum absolute atomic E-state index is 0.113. The third-order valence-corrected chi connectivity index (χ3v) is 8.04. The van der Waals surface area contributed by atoms with Crippen LogP contribution in [0.25, 0.3) is 0 Å². The first-order valence-corrected chi connectivity index (χ1v) is 11.8. The lowest BCUT2D eigenvalue weighted by atomic mass is 10.1. The van der Waals surface area contributed by atoms with Gasteiger partial charge < -0.3 is 4.90 Å². The minimum Gasteiger partial charge on any atom is -0.337 e. The number of amides is 1. The summed E-state index contributed by atoms with van der Waals surface area (Å²) < 4.78 is 40.9. The summed E-state index contributed by atoms with van der Waals surface area (Å²) in [4.78, 5) is 15.7. The molecule has 2 aromatic carbocycles. The van der Waals surface area contributed by atoms with Gasteiger partial charge in [-0.25, -0.2) is 12.8 Å². The molecule has 0 aliphatic carbocycles. The molecule has 1 aliphatic heterocycles. The van der Waals surface area contributed by atoms with Crippen LogP contribution in [0.1, 0.15) is 26.4 Å². The van der Waals surface area contributed by atoms with E-state index in [2.05, 4.69) is 0 Å². The van der Waals surface area contributed by atoms with Crippen LogP contribution >= 0.6 is 11.3 Å². The van der Waals surface area contributed by atoms with Crippen LogP contribution in [0.4, 0.5) is 4.39 Å². The van der Waals surface area contributed by atoms with Gasteiger partial charge in [0.25, 0.3) is 5.91 Å². The Labute approximate surface area is 179 Å². The average Bonchev–Trinajstić information content (AvgIpc) is 3.23. The smallest absolute Gasteiger partial charge is 0.253 e. The molecule has 1 amide bonds. The molecule has 0 bridgehead atoms. The predicted octanol–water partition coefficient (Wildman–Crippen LogP) is 3.91. The van der Waals surface area contributed by atoms with Crippen molar-refractivity contribution in [2.75, 3.05) is 13.6 Å². The maximum atomic E-state index is 13.2. The van der Waals surface area contributed by atoms with Gasteiger partial charge in [0.15, 0.2) is 0 Å². The van der Waals surface area contributed by atoms with Crippen molar-refractivity contribution in [1.82, 2.24) is 9.21 Å². The summed E-state index contributed by atoms with van der Waals surface area (Å²) in [6.45, 7) is 1.07. The molecule has 4 rings (SSSR count). The summed E-state index contributed by atoms with van der Waals surface area (Å²) in [5.41, 5.74) is 2.13. The van der Waals surface area contributed by atoms with Gasteiger partial charge in [-0.2, -0.15) is 4.31 Å². The van der Waals surface area contributed by atoms with Crippen molar-refractivity contribution in [2.24, 2.45) is 0 Å². The first kappa shape index (κ1) is 20.7. The Morgan fingerprint density at radius 1 is 1.17 bits per heavy atom. The summed E-state index contributed by atoms with van der Waals surface area (Å²) in [6, 6.07) is 14.0. The Hall–Kier alpha value is -2.55. The largest absolute Gasteiger partial charge is 0.337 e. The Morgan fingerprint density at radius 2 is 1.93 bits per heavy atom. The van der Waals surface area contributed by atoms with Crippen LogP contribution < -0.4 is 0 Å². The van der Waals surface area contributed by atoms with Gasteiger partial charge in [0.05, 0.1) is 4.90 Å². The molecule has 0 unspecified atom stereocenters. The Balaban J connectivity index is 1.53. The maximum Gasteiger partial charge on any atom is 0.253 e. The molecule has 0 spiro atoms. The normalized spacial score (nSPS) is 14.3. The summed E-state index contributed by atoms with van der Waals surface area (Å²) in [6.07, 6.45) is 0.700. The van der Waals surface area contributed by atoms with Gasteiger partial charge >= 0.3 is 0 Å². The van der Waals surface area contributed by atoms with Gasteiger partial charge in [0.1, 0.15) is 5.82 Å². The zero-order valence-corrected chi connectivity index (χ0v) is 18.0. The van der Waals surface area contributed by atoms with Crippen molar-refractivity contribution >= 4 is 27.3 Å². The van der Waals surface area contributed by atoms with Crippen molar-refractivity contribution in [2.45, 2.75) is 24.4 Å². The van der Waals surface area contributed by atoms with Gasteiger partial charge in [-0.05, 0) is 59.3 Å². The molecule has 1 aromatic heterocycles. The maximum absolute atomic E-state index is 13.2. The fraction of sp³-hybridized carbons (Fsp3) is 0.227. The molecule has 0 saturated carbocycles. The number of carbonyl (C=O) groups is 1. The molecular weight excluding hydrogens is 423 g/mol. The lowest BCUT2D eigenvalue weighted by molar-refractivity contribution is 0.0785. The van der Waals surface area contributed by atoms with E-state index in [1.54, 1.807) is 42.6 Å². The first-order valence-electron chi connectivity index (χ1n) is 9.50. The Bertz CT molecular complexity index is 1170. The fourth-order valence-electron chi connectivity index (χ4n) is 3.52. The molecule has 8 heteroatoms. The highest BCUT2D eigenvalue weighted by atomic mass is 32.2. The number of rotatable bonds is 5. The number of thiophene rings is 1. The molecule has 0 fully saturated rings. The van der Waals surface area contributed by atoms with Crippen molar-refractivity contribution < 1.29 is 17.6 Å². The highest BCUT2D eigenvalue weighted by Gasteiger charge is 2.29. The second-order valence-corrected chi connectivity index (χ2v) is 10.2. The van der Waals surface area contributed by atoms with Crippen LogP contribution in [0.2, 0.25) is 0 Å². The molecule has 5 nitrogen and oxygen atoms in total. The summed E-state index contributed by atoms with van der Waals surface area (Å²) >= 11 is 1.65. The lowest BCUT2D eigenvalue weighted by Gasteiger charge is -2.26. The molecule has 0 N–H and O–H groups in total. The molecule has 1 aliphatic rings. The van der Waals surface area contributed by atoms with E-state index in [-0.39, 0.29) is 16.6 Å². The van der Waals surface area contributed by atoms with Gasteiger partial charge in [-0.15, -0.1) is 11.3 Å². The Morgan fingerprint density at radius 3 is 2.70 bits per heavy atom. The van der Waals surface area contributed by atoms with E-state index in [0.29, 0.717) is 31.6 Å². The van der Waals surface area contributed by atoms with E-state index in [4.69, 9.17) is 0 Å². The van der Waals surface area contributed by atoms with Crippen LogP contribution in [0, 0.1) is 5.82 Å². The summed E-state index contributed by atoms with van der Waals surface area (Å²) in [5, 5.41) is 1.98. The lowest BCUT2D eigenvalue weighted by Crippen LogP contribution is -2.35. The van der Waals surface area contributed by atoms with Crippen LogP contribution in [0.15, 0.2) is 64.9 Å². The van der Waals surface area contributed by atoms with E-state index < -0.39 is 10.0 Å². The third-order valence-electron chi connectivity index (χ3n) is 5.17. The molecule has 0 radical (unpaired) electrons. The van der Waals surface area contributed by atoms with Crippen molar-refractivity contribution in [1.29, 1.82) is 0 Å². The third kappa shape index (κ3) is 4.16. The number of benzene rings is 2. The van der Waals surface area contributed by atoms with E-state index >= 15 is 0 Å². The monoisotopic (exact) mass is 444 g/mol. The molecule has 30 heavy (non-hydrogen) atoms. The van der Waals surface area contributed by atoms with E-state index in [0.717, 1.165) is 11.1 Å². The average molecular weight is 445 g/mol. The quantitative estimate of drug-likeness (QED) is 0.600. The minimum atomic E-state index is -3.70. The highest BCUT2D eigenvalue weighted by molar-refractivity contribution is 7.89. The number of fused-ring (bicyclic) bond motifs is 1. The van der Waals surface area contributed by atoms with Gasteiger partial charge in [-0.3, -0.25) is 4.79 Å². The van der Waals surface area contributed by atoms with E-state index in [9.17, 15) is 17.6 Å². The molecule has 2 heterocycles. The van der Waals surface area contributed by atoms with Gasteiger partial charge in [0, 0.05) is 37.1 Å². The van der Waals surface area contributed by atoms with Crippen molar-refractivity contribution in [3.63, 3.8) is 0 Å². The molecule has 3 aromatic rings. The standard InChI is InChI=1S/C22H21FN2O3S2/c1-24(14-16-5-7-19(23)8-6-16)22(26)17-3-2-4-20(13-17)30(27,28)25-11-9-21-18(15-25)10-12-29-21/h2-8,10,12-13H,9,11,14-15H2,1H3. The van der Waals surface area contributed by atoms with Crippen molar-refractivity contribution in [3.05, 3.63) is 87.4 Å². The highest BCUT2D eigenvalue weighted by Crippen LogP contribution is 2.28. The van der Waals surface area contributed by atoms with Crippen LogP contribution in [0.3, 0.4) is 0 Å². The molecule has 156 valence electrons. The number of halogens is 1. The van der Waals surface area contributed by atoms with Crippen LogP contribution in [-0.2, 0) is 29.5 Å². The number of carbonyl (C=O) groups excluding carboxylic acids is 1. The zero-order valence-electron chi connectivity index (χ0n) is 16.4. The number of sulfonamides is 1. The van der Waals surface area contributed by atoms with Gasteiger partial charge in [0.2, 0.25) is 10.0 Å². The molecular formula is C22H21FN2O3S2. The Kier molecular flexibility index (Phi) is 5.73. The fourth-order valence-corrected chi connectivity index (χ4v) is 5.88. The first-order chi connectivity index (χ1) is 14.3. The molecule has 0 atom stereocenters. The van der Waals surface area contributed by atoms with E-state index in [1.165, 1.54) is 38.3 Å². The molecule has 0 saturated heterocycles. The zero-order chi connectivity index (χ0) is 21.3. The van der Waals surface area contributed by atoms with Crippen LogP contribution in [0.5, 0.6) is 0 Å². The predicted molar refractivity (Wildman–Crippen MR) is 114 cm³/mol. The van der Waals surface area contributed by atoms with Gasteiger partial charge in [-0.1, -0.05) is 18.2 Å². The number of nitrogens with zero attached hydrogens (tertiary/aromatic N) is 2. The summed E-state index contributed by atoms with van der Waals surface area (Å²) in [5.74, 6) is -0.631. The topological polar surface area (TPSA) is 57.7 Å². The number of hydrogen-bond donors (Lipinski definition) is 0. The number of hydrogen-bond acceptors (Lipinski definition) is 4. The SMILES string of the molecule is CN(Cc1ccc(F)cc1)C(=O)c1cccc(S(=O)(=O)N2CCc3sccc3C2)c1. The summed E-state index contributed by atoms with van der Waals surface area (Å²) in [7, 11) is -2.07. The second-order valence-electron chi connectivity index (χ2n) is 7.27. The van der Waals surface area contributed by atoms with Crippen LogP contribution in [-0.4, -0.2) is 37.1 Å². The second kappa shape index (κ2) is 8.29. The van der Waals surface area contributed by atoms with Crippen molar-refractivity contribution in [3.8, 4) is 0 Å².